The summed E-state index contributed by atoms with van der Waals surface area (Å²) in [6.07, 6.45) is 1.78. The maximum absolute atomic E-state index is 12.8. The molecule has 0 aromatic heterocycles. The molecule has 0 spiro atoms. The van der Waals surface area contributed by atoms with Crippen LogP contribution in [0.25, 0.3) is 0 Å². The third kappa shape index (κ3) is 5.31. The molecule has 1 amide bonds. The second-order valence-electron chi connectivity index (χ2n) is 8.56. The number of carbonyl (C=O) groups excluding carboxylic acids is 1. The molecule has 0 unspecified atom stereocenters. The van der Waals surface area contributed by atoms with Gasteiger partial charge in [-0.2, -0.15) is 4.31 Å². The zero-order valence-corrected chi connectivity index (χ0v) is 19.5. The van der Waals surface area contributed by atoms with Crippen molar-refractivity contribution < 1.29 is 13.2 Å². The predicted octanol–water partition coefficient (Wildman–Crippen LogP) is 2.33. The maximum atomic E-state index is 12.8. The highest BCUT2D eigenvalue weighted by molar-refractivity contribution is 7.89. The summed E-state index contributed by atoms with van der Waals surface area (Å²) < 4.78 is 27.0. The van der Waals surface area contributed by atoms with Crippen LogP contribution >= 0.6 is 0 Å². The Labute approximate surface area is 191 Å². The molecule has 4 rings (SSSR count). The minimum absolute atomic E-state index is 0.194. The molecule has 2 aliphatic heterocycles. The highest BCUT2D eigenvalue weighted by Gasteiger charge is 2.27. The molecule has 2 aromatic carbocycles. The van der Waals surface area contributed by atoms with Crippen LogP contribution in [0, 0.1) is 6.92 Å². The summed E-state index contributed by atoms with van der Waals surface area (Å²) in [5.41, 5.74) is 2.92. The summed E-state index contributed by atoms with van der Waals surface area (Å²) in [4.78, 5) is 17.5. The predicted molar refractivity (Wildman–Crippen MR) is 127 cm³/mol. The Morgan fingerprint density at radius 1 is 0.938 bits per heavy atom. The molecule has 172 valence electrons. The number of piperazine rings is 1. The van der Waals surface area contributed by atoms with Gasteiger partial charge in [0.05, 0.1) is 4.90 Å². The summed E-state index contributed by atoms with van der Waals surface area (Å²) in [6.45, 7) is 8.36. The molecule has 0 bridgehead atoms. The highest BCUT2D eigenvalue weighted by Crippen LogP contribution is 2.21. The molecule has 7 nitrogen and oxygen atoms in total. The molecule has 0 atom stereocenters. The van der Waals surface area contributed by atoms with Gasteiger partial charge in [-0.1, -0.05) is 18.2 Å². The van der Waals surface area contributed by atoms with Crippen LogP contribution < -0.4 is 10.2 Å². The van der Waals surface area contributed by atoms with Gasteiger partial charge in [0.25, 0.3) is 5.91 Å². The maximum Gasteiger partial charge on any atom is 0.251 e. The molecule has 0 saturated carbocycles. The first-order chi connectivity index (χ1) is 15.4. The highest BCUT2D eigenvalue weighted by atomic mass is 32.2. The SMILES string of the molecule is Cc1cccc(N2CCN(CCNC(=O)c3cccc(S(=O)(=O)N4CCCC4)c3)CC2)c1. The van der Waals surface area contributed by atoms with Crippen LogP contribution in [0.3, 0.4) is 0 Å². The van der Waals surface area contributed by atoms with Crippen LogP contribution in [0.1, 0.15) is 28.8 Å². The Balaban J connectivity index is 1.26. The summed E-state index contributed by atoms with van der Waals surface area (Å²) in [5, 5.41) is 2.94. The second kappa shape index (κ2) is 10.0. The average Bonchev–Trinajstić information content (AvgIpc) is 3.36. The van der Waals surface area contributed by atoms with Gasteiger partial charge in [-0.05, 0) is 55.7 Å². The van der Waals surface area contributed by atoms with E-state index in [1.54, 1.807) is 18.2 Å². The van der Waals surface area contributed by atoms with Crippen LogP contribution in [-0.2, 0) is 10.0 Å². The molecule has 2 aliphatic rings. The van der Waals surface area contributed by atoms with E-state index in [0.29, 0.717) is 25.2 Å². The smallest absolute Gasteiger partial charge is 0.251 e. The fourth-order valence-corrected chi connectivity index (χ4v) is 5.92. The summed E-state index contributed by atoms with van der Waals surface area (Å²) in [6, 6.07) is 14.9. The zero-order chi connectivity index (χ0) is 22.6. The van der Waals surface area contributed by atoms with Gasteiger partial charge >= 0.3 is 0 Å². The number of nitrogens with one attached hydrogen (secondary N) is 1. The Morgan fingerprint density at radius 2 is 1.66 bits per heavy atom. The fraction of sp³-hybridized carbons (Fsp3) is 0.458. The molecular weight excluding hydrogens is 424 g/mol. The van der Waals surface area contributed by atoms with Gasteiger partial charge in [-0.25, -0.2) is 8.42 Å². The first kappa shape index (κ1) is 22.8. The van der Waals surface area contributed by atoms with Crippen molar-refractivity contribution in [2.75, 3.05) is 57.3 Å². The first-order valence-corrected chi connectivity index (χ1v) is 12.8. The monoisotopic (exact) mass is 456 g/mol. The van der Waals surface area contributed by atoms with Crippen molar-refractivity contribution in [3.05, 3.63) is 59.7 Å². The van der Waals surface area contributed by atoms with Crippen molar-refractivity contribution in [1.82, 2.24) is 14.5 Å². The van der Waals surface area contributed by atoms with Crippen LogP contribution in [0.2, 0.25) is 0 Å². The van der Waals surface area contributed by atoms with E-state index in [1.165, 1.54) is 21.6 Å². The molecule has 0 radical (unpaired) electrons. The van der Waals surface area contributed by atoms with Gasteiger partial charge in [-0.15, -0.1) is 0 Å². The lowest BCUT2D eigenvalue weighted by Gasteiger charge is -2.36. The van der Waals surface area contributed by atoms with Crippen LogP contribution in [-0.4, -0.2) is 75.9 Å². The molecular formula is C24H32N4O3S. The van der Waals surface area contributed by atoms with Crippen LogP contribution in [0.4, 0.5) is 5.69 Å². The quantitative estimate of drug-likeness (QED) is 0.692. The van der Waals surface area contributed by atoms with Gasteiger partial charge in [0.1, 0.15) is 0 Å². The number of sulfonamides is 1. The van der Waals surface area contributed by atoms with Crippen molar-refractivity contribution in [3.8, 4) is 0 Å². The standard InChI is InChI=1S/C24H32N4O3S/c1-20-6-4-8-22(18-20)27-16-14-26(15-17-27)13-10-25-24(29)21-7-5-9-23(19-21)32(30,31)28-11-2-3-12-28/h4-9,18-19H,2-3,10-17H2,1H3,(H,25,29). The Kier molecular flexibility index (Phi) is 7.13. The van der Waals surface area contributed by atoms with Crippen LogP contribution in [0.5, 0.6) is 0 Å². The number of nitrogens with zero attached hydrogens (tertiary/aromatic N) is 3. The van der Waals surface area contributed by atoms with E-state index in [9.17, 15) is 13.2 Å². The largest absolute Gasteiger partial charge is 0.369 e. The number of anilines is 1. The second-order valence-corrected chi connectivity index (χ2v) is 10.5. The first-order valence-electron chi connectivity index (χ1n) is 11.4. The number of aryl methyl sites for hydroxylation is 1. The number of carbonyl (C=O) groups is 1. The lowest BCUT2D eigenvalue weighted by atomic mass is 10.2. The normalized spacial score (nSPS) is 18.1. The molecule has 32 heavy (non-hydrogen) atoms. The van der Waals surface area contributed by atoms with Crippen molar-refractivity contribution in [1.29, 1.82) is 0 Å². The van der Waals surface area contributed by atoms with Gasteiger partial charge in [0.2, 0.25) is 10.0 Å². The van der Waals surface area contributed by atoms with Gasteiger partial charge in [-0.3, -0.25) is 9.69 Å². The Hall–Kier alpha value is -2.42. The lowest BCUT2D eigenvalue weighted by molar-refractivity contribution is 0.0947. The molecule has 2 saturated heterocycles. The van der Waals surface area contributed by atoms with Crippen molar-refractivity contribution in [2.45, 2.75) is 24.7 Å². The van der Waals surface area contributed by atoms with E-state index >= 15 is 0 Å². The van der Waals surface area contributed by atoms with Crippen molar-refractivity contribution in [3.63, 3.8) is 0 Å². The summed E-state index contributed by atoms with van der Waals surface area (Å²) >= 11 is 0. The average molecular weight is 457 g/mol. The molecule has 2 heterocycles. The summed E-state index contributed by atoms with van der Waals surface area (Å²) in [5.74, 6) is -0.234. The van der Waals surface area contributed by atoms with Crippen LogP contribution in [0.15, 0.2) is 53.4 Å². The van der Waals surface area contributed by atoms with E-state index in [2.05, 4.69) is 46.3 Å². The number of rotatable bonds is 7. The number of hydrogen-bond acceptors (Lipinski definition) is 5. The Bertz CT molecular complexity index is 1040. The molecule has 2 fully saturated rings. The number of hydrogen-bond donors (Lipinski definition) is 1. The third-order valence-electron chi connectivity index (χ3n) is 6.25. The molecule has 2 aromatic rings. The minimum Gasteiger partial charge on any atom is -0.369 e. The summed E-state index contributed by atoms with van der Waals surface area (Å²) in [7, 11) is -3.52. The van der Waals surface area contributed by atoms with Crippen molar-refractivity contribution >= 4 is 21.6 Å². The van der Waals surface area contributed by atoms with Gasteiger partial charge in [0, 0.05) is 63.6 Å². The molecule has 1 N–H and O–H groups in total. The topological polar surface area (TPSA) is 73.0 Å². The van der Waals surface area contributed by atoms with E-state index in [-0.39, 0.29) is 10.8 Å². The van der Waals surface area contributed by atoms with E-state index < -0.39 is 10.0 Å². The lowest BCUT2D eigenvalue weighted by Crippen LogP contribution is -2.48. The van der Waals surface area contributed by atoms with E-state index in [0.717, 1.165) is 45.6 Å². The van der Waals surface area contributed by atoms with E-state index in [1.807, 2.05) is 0 Å². The number of benzene rings is 2. The fourth-order valence-electron chi connectivity index (χ4n) is 4.36. The Morgan fingerprint density at radius 3 is 2.38 bits per heavy atom. The number of amides is 1. The van der Waals surface area contributed by atoms with Gasteiger partial charge < -0.3 is 10.2 Å². The van der Waals surface area contributed by atoms with Crippen molar-refractivity contribution in [2.24, 2.45) is 0 Å². The van der Waals surface area contributed by atoms with Gasteiger partial charge in [0.15, 0.2) is 0 Å². The zero-order valence-electron chi connectivity index (χ0n) is 18.7. The van der Waals surface area contributed by atoms with E-state index in [4.69, 9.17) is 0 Å². The molecule has 8 heteroatoms. The molecule has 0 aliphatic carbocycles. The third-order valence-corrected chi connectivity index (χ3v) is 8.15. The minimum atomic E-state index is -3.52.